The largest absolute Gasteiger partial charge is 0.619 e. The highest BCUT2D eigenvalue weighted by Gasteiger charge is 2.38. The summed E-state index contributed by atoms with van der Waals surface area (Å²) in [6.45, 7) is 3.05. The molecule has 4 fully saturated rings. The Morgan fingerprint density at radius 2 is 1.67 bits per heavy atom. The summed E-state index contributed by atoms with van der Waals surface area (Å²) in [7, 11) is 1.59. The fraction of sp³-hybridized carbons (Fsp3) is 0.425. The topological polar surface area (TPSA) is 124 Å². The molecule has 1 aliphatic carbocycles. The summed E-state index contributed by atoms with van der Waals surface area (Å²) in [5.74, 6) is -0.463. The lowest BCUT2D eigenvalue weighted by atomic mass is 9.85. The van der Waals surface area contributed by atoms with Crippen molar-refractivity contribution in [3.8, 4) is 11.5 Å². The van der Waals surface area contributed by atoms with Crippen molar-refractivity contribution in [2.24, 2.45) is 5.92 Å². The molecule has 1 saturated carbocycles. The van der Waals surface area contributed by atoms with E-state index in [9.17, 15) is 19.9 Å². The van der Waals surface area contributed by atoms with Gasteiger partial charge in [-0.05, 0) is 98.8 Å². The first-order valence-corrected chi connectivity index (χ1v) is 19.7. The lowest BCUT2D eigenvalue weighted by Crippen LogP contribution is -2.52. The Labute approximate surface area is 347 Å². The fourth-order valence-corrected chi connectivity index (χ4v) is 9.55. The van der Waals surface area contributed by atoms with Gasteiger partial charge in [0, 0.05) is 29.4 Å². The number of carbonyl (C=O) groups is 2. The van der Waals surface area contributed by atoms with Crippen LogP contribution in [0.4, 0.5) is 0 Å². The quantitative estimate of drug-likeness (QED) is 0.0732. The monoisotopic (exact) mass is 851 g/mol. The maximum absolute atomic E-state index is 13.8. The number of carboxylic acid groups (broad SMARTS) is 1. The predicted molar refractivity (Wildman–Crippen MR) is 218 cm³/mol. The number of thiophene rings is 1. The van der Waals surface area contributed by atoms with Crippen LogP contribution in [-0.2, 0) is 22.5 Å². The number of halogens is 4. The number of ether oxygens (including phenoxy) is 3. The minimum absolute atomic E-state index is 0. The predicted octanol–water partition coefficient (Wildman–Crippen LogP) is 8.40. The summed E-state index contributed by atoms with van der Waals surface area (Å²) in [6.07, 6.45) is 8.73. The van der Waals surface area contributed by atoms with Crippen LogP contribution in [0.25, 0.3) is 0 Å². The maximum Gasteiger partial charge on any atom is 0.346 e. The van der Waals surface area contributed by atoms with Crippen LogP contribution < -0.4 is 19.5 Å². The van der Waals surface area contributed by atoms with Crippen LogP contribution in [-0.4, -0.2) is 60.9 Å². The van der Waals surface area contributed by atoms with Crippen molar-refractivity contribution in [1.82, 2.24) is 10.2 Å². The van der Waals surface area contributed by atoms with E-state index in [2.05, 4.69) is 10.2 Å². The average Bonchev–Trinajstić information content (AvgIpc) is 3.83. The zero-order chi connectivity index (χ0) is 37.1. The molecule has 5 heterocycles. The number of rotatable bonds is 14. The lowest BCUT2D eigenvalue weighted by Gasteiger charge is -2.44. The van der Waals surface area contributed by atoms with Gasteiger partial charge in [0.15, 0.2) is 23.9 Å². The zero-order valence-electron chi connectivity index (χ0n) is 30.3. The molecule has 2 unspecified atom stereocenters. The minimum Gasteiger partial charge on any atom is -0.619 e. The number of carbonyl (C=O) groups excluding carboxylic acids is 1. The van der Waals surface area contributed by atoms with E-state index in [0.717, 1.165) is 85.5 Å². The normalized spacial score (nSPS) is 20.2. The van der Waals surface area contributed by atoms with Crippen molar-refractivity contribution >= 4 is 71.3 Å². The van der Waals surface area contributed by atoms with E-state index < -0.39 is 17.9 Å². The highest BCUT2D eigenvalue weighted by Crippen LogP contribution is 2.42. The van der Waals surface area contributed by atoms with Gasteiger partial charge in [-0.2, -0.15) is 4.73 Å². The molecule has 0 radical (unpaired) electrons. The van der Waals surface area contributed by atoms with Gasteiger partial charge in [0.25, 0.3) is 0 Å². The summed E-state index contributed by atoms with van der Waals surface area (Å²) in [6, 6.07) is 16.2. The van der Waals surface area contributed by atoms with Gasteiger partial charge < -0.3 is 24.5 Å². The van der Waals surface area contributed by atoms with Crippen molar-refractivity contribution in [3.63, 3.8) is 0 Å². The third kappa shape index (κ3) is 10.00. The Morgan fingerprint density at radius 3 is 2.29 bits per heavy atom. The zero-order valence-corrected chi connectivity index (χ0v) is 34.2. The van der Waals surface area contributed by atoms with Crippen LogP contribution in [0.15, 0.2) is 67.0 Å². The molecule has 3 atom stereocenters. The number of benzene rings is 2. The lowest BCUT2D eigenvalue weighted by molar-refractivity contribution is -0.605. The number of hydrogen-bond acceptors (Lipinski definition) is 9. The Bertz CT molecular complexity index is 1910. The minimum atomic E-state index is -1.08. The van der Waals surface area contributed by atoms with Crippen molar-refractivity contribution in [2.75, 3.05) is 26.7 Å². The second kappa shape index (κ2) is 19.2. The molecule has 3 saturated heterocycles. The number of esters is 1. The van der Waals surface area contributed by atoms with E-state index in [1.807, 2.05) is 54.6 Å². The molecule has 15 heteroatoms. The van der Waals surface area contributed by atoms with Crippen molar-refractivity contribution in [1.29, 1.82) is 0 Å². The highest BCUT2D eigenvalue weighted by molar-refractivity contribution is 7.14. The van der Waals surface area contributed by atoms with Crippen LogP contribution >= 0.6 is 59.4 Å². The highest BCUT2D eigenvalue weighted by atomic mass is 35.5. The third-order valence-electron chi connectivity index (χ3n) is 10.7. The van der Waals surface area contributed by atoms with E-state index in [4.69, 9.17) is 37.4 Å². The van der Waals surface area contributed by atoms with E-state index in [0.29, 0.717) is 33.3 Å². The van der Waals surface area contributed by atoms with Gasteiger partial charge in [0.1, 0.15) is 27.1 Å². The van der Waals surface area contributed by atoms with Crippen LogP contribution in [0, 0.1) is 11.1 Å². The first-order chi connectivity index (χ1) is 25.7. The second-order valence-corrected chi connectivity index (χ2v) is 16.1. The SMILES string of the molecule is COc1ccc(C(Cc2c(Cl)c[n+]([O-])cc2Cl)c2cc(CNC(C(=O)O[C@H]3CN4CCC3CC4)c3ccccc3)sc2C(=O)O)cc1OC1CCCC1.Cl.Cl. The summed E-state index contributed by atoms with van der Waals surface area (Å²) in [4.78, 5) is 30.0. The molecule has 8 rings (SSSR count). The molecular weight excluding hydrogens is 808 g/mol. The number of methoxy groups -OCH3 is 1. The summed E-state index contributed by atoms with van der Waals surface area (Å²) in [5, 5.41) is 26.4. The van der Waals surface area contributed by atoms with E-state index in [-0.39, 0.29) is 70.9 Å². The molecular formula is C40H45Cl4N3O7S. The number of piperidine rings is 3. The molecule has 4 aliphatic rings. The molecule has 2 aromatic heterocycles. The number of fused-ring (bicyclic) bond motifs is 3. The van der Waals surface area contributed by atoms with Crippen LogP contribution in [0.5, 0.6) is 11.5 Å². The number of nitrogens with zero attached hydrogens (tertiary/aromatic N) is 2. The average molecular weight is 854 g/mol. The molecule has 55 heavy (non-hydrogen) atoms. The number of nitrogens with one attached hydrogen (secondary N) is 1. The maximum atomic E-state index is 13.8. The summed E-state index contributed by atoms with van der Waals surface area (Å²) >= 11 is 14.3. The second-order valence-electron chi connectivity index (χ2n) is 14.1. The summed E-state index contributed by atoms with van der Waals surface area (Å²) < 4.78 is 18.8. The molecule has 0 amide bonds. The third-order valence-corrected chi connectivity index (χ3v) is 12.5. The van der Waals surface area contributed by atoms with Gasteiger partial charge in [-0.25, -0.2) is 9.59 Å². The van der Waals surface area contributed by atoms with Gasteiger partial charge in [0.2, 0.25) is 0 Å². The molecule has 3 aliphatic heterocycles. The molecule has 0 spiro atoms. The first-order valence-electron chi connectivity index (χ1n) is 18.1. The Hall–Kier alpha value is -3.29. The van der Waals surface area contributed by atoms with Crippen molar-refractivity contribution < 1.29 is 33.6 Å². The van der Waals surface area contributed by atoms with Crippen LogP contribution in [0.1, 0.15) is 87.3 Å². The molecule has 296 valence electrons. The Morgan fingerprint density at radius 1 is 0.982 bits per heavy atom. The number of hydrogen-bond donors (Lipinski definition) is 2. The van der Waals surface area contributed by atoms with Crippen molar-refractivity contribution in [2.45, 2.75) is 75.7 Å². The standard InChI is InChI=1S/C40H43Cl2N3O7S.2ClH/c1-50-34-12-11-26(17-35(34)51-27-9-5-6-10-27)29(19-31-32(41)21-45(49)22-33(31)42)30-18-28(53-38(30)39(46)47)20-43-37(25-7-3-2-4-8-25)40(48)52-36-23-44-15-13-24(36)14-16-44;;/h2-4,7-8,11-12,17-18,21-22,24,27,29,36-37,43H,5-6,9-10,13-16,19-20,23H2,1H3,(H,46,47);2*1H/t29?,36-,37?;;/m0../s1. The molecule has 10 nitrogen and oxygen atoms in total. The Balaban J connectivity index is 0.00000290. The van der Waals surface area contributed by atoms with Crippen LogP contribution in [0.2, 0.25) is 10.0 Å². The van der Waals surface area contributed by atoms with Gasteiger partial charge in [-0.15, -0.1) is 36.2 Å². The smallest absolute Gasteiger partial charge is 0.346 e. The number of aromatic nitrogens is 1. The van der Waals surface area contributed by atoms with Gasteiger partial charge in [0.05, 0.1) is 13.2 Å². The number of carboxylic acids is 1. The molecule has 2 aromatic carbocycles. The van der Waals surface area contributed by atoms with E-state index >= 15 is 0 Å². The van der Waals surface area contributed by atoms with Gasteiger partial charge in [-0.3, -0.25) is 10.2 Å². The molecule has 2 N–H and O–H groups in total. The number of pyridine rings is 1. The van der Waals surface area contributed by atoms with E-state index in [1.165, 1.54) is 12.4 Å². The first kappa shape index (κ1) is 42.8. The molecule has 2 bridgehead atoms. The van der Waals surface area contributed by atoms with Crippen molar-refractivity contribution in [3.05, 3.63) is 114 Å². The van der Waals surface area contributed by atoms with E-state index in [1.54, 1.807) is 7.11 Å². The fourth-order valence-electron chi connectivity index (χ4n) is 7.94. The van der Waals surface area contributed by atoms with Gasteiger partial charge >= 0.3 is 11.9 Å². The van der Waals surface area contributed by atoms with Gasteiger partial charge in [-0.1, -0.05) is 59.6 Å². The van der Waals surface area contributed by atoms with Crippen LogP contribution in [0.3, 0.4) is 0 Å². The Kier molecular flexibility index (Phi) is 15.0. The summed E-state index contributed by atoms with van der Waals surface area (Å²) in [5.41, 5.74) is 2.60. The number of aromatic carboxylic acids is 1. The molecule has 4 aromatic rings.